The standard InChI is InChI=1S/C8H16INO2/c1-3-4-5-6-7-10(9)8(11)12-2/h3-7H2,1-2H3. The molecule has 0 radical (unpaired) electrons. The Morgan fingerprint density at radius 2 is 2.08 bits per heavy atom. The van der Waals surface area contributed by atoms with Crippen molar-refractivity contribution in [2.45, 2.75) is 32.6 Å². The number of nitrogens with zero attached hydrogens (tertiary/aromatic N) is 1. The van der Waals surface area contributed by atoms with Crippen LogP contribution in [-0.4, -0.2) is 22.9 Å². The van der Waals surface area contributed by atoms with Gasteiger partial charge in [-0.3, -0.25) is 0 Å². The number of ether oxygens (including phenoxy) is 1. The molecule has 0 N–H and O–H groups in total. The van der Waals surface area contributed by atoms with E-state index in [4.69, 9.17) is 0 Å². The number of methoxy groups -OCH3 is 1. The molecule has 0 rings (SSSR count). The summed E-state index contributed by atoms with van der Waals surface area (Å²) in [5, 5.41) is 0. The monoisotopic (exact) mass is 285 g/mol. The summed E-state index contributed by atoms with van der Waals surface area (Å²) in [4.78, 5) is 10.9. The van der Waals surface area contributed by atoms with E-state index in [1.165, 1.54) is 26.4 Å². The van der Waals surface area contributed by atoms with Crippen LogP contribution in [-0.2, 0) is 4.74 Å². The van der Waals surface area contributed by atoms with Gasteiger partial charge in [-0.05, 0) is 6.42 Å². The highest BCUT2D eigenvalue weighted by Crippen LogP contribution is 2.06. The molecule has 0 aromatic rings. The van der Waals surface area contributed by atoms with Gasteiger partial charge in [0.05, 0.1) is 30.0 Å². The molecule has 0 aromatic carbocycles. The van der Waals surface area contributed by atoms with E-state index in [-0.39, 0.29) is 6.09 Å². The van der Waals surface area contributed by atoms with Crippen LogP contribution in [0.4, 0.5) is 4.79 Å². The van der Waals surface area contributed by atoms with Gasteiger partial charge in [0.15, 0.2) is 0 Å². The summed E-state index contributed by atoms with van der Waals surface area (Å²) < 4.78 is 6.13. The third kappa shape index (κ3) is 5.62. The molecule has 0 aliphatic heterocycles. The van der Waals surface area contributed by atoms with Gasteiger partial charge in [-0.25, -0.2) is 7.91 Å². The van der Waals surface area contributed by atoms with Crippen LogP contribution < -0.4 is 0 Å². The summed E-state index contributed by atoms with van der Waals surface area (Å²) in [7, 11) is 1.40. The molecule has 0 saturated carbocycles. The van der Waals surface area contributed by atoms with Gasteiger partial charge in [0.2, 0.25) is 0 Å². The summed E-state index contributed by atoms with van der Waals surface area (Å²) in [6.45, 7) is 2.95. The van der Waals surface area contributed by atoms with Crippen LogP contribution in [0.1, 0.15) is 32.6 Å². The lowest BCUT2D eigenvalue weighted by molar-refractivity contribution is 0.155. The van der Waals surface area contributed by atoms with Crippen LogP contribution in [0.5, 0.6) is 0 Å². The second kappa shape index (κ2) is 7.64. The van der Waals surface area contributed by atoms with E-state index in [1.807, 2.05) is 22.9 Å². The third-order valence-electron chi connectivity index (χ3n) is 1.58. The van der Waals surface area contributed by atoms with Gasteiger partial charge in [0.25, 0.3) is 0 Å². The van der Waals surface area contributed by atoms with Gasteiger partial charge in [0.1, 0.15) is 0 Å². The van der Waals surface area contributed by atoms with Crippen molar-refractivity contribution in [2.24, 2.45) is 0 Å². The quantitative estimate of drug-likeness (QED) is 0.441. The van der Waals surface area contributed by atoms with Gasteiger partial charge >= 0.3 is 6.09 Å². The first-order chi connectivity index (χ1) is 5.72. The lowest BCUT2D eigenvalue weighted by Gasteiger charge is -2.11. The number of carbonyl (C=O) groups excluding carboxylic acids is 1. The first-order valence-corrected chi connectivity index (χ1v) is 5.20. The molecule has 72 valence electrons. The number of rotatable bonds is 5. The normalized spacial score (nSPS) is 9.58. The minimum absolute atomic E-state index is 0.257. The summed E-state index contributed by atoms with van der Waals surface area (Å²) >= 11 is 1.98. The van der Waals surface area contributed by atoms with Crippen molar-refractivity contribution in [1.82, 2.24) is 3.11 Å². The number of halogens is 1. The minimum atomic E-state index is -0.257. The molecular weight excluding hydrogens is 269 g/mol. The largest absolute Gasteiger partial charge is 0.452 e. The molecule has 0 bridgehead atoms. The average molecular weight is 285 g/mol. The van der Waals surface area contributed by atoms with Crippen molar-refractivity contribution < 1.29 is 9.53 Å². The van der Waals surface area contributed by atoms with Crippen molar-refractivity contribution in [1.29, 1.82) is 0 Å². The van der Waals surface area contributed by atoms with E-state index < -0.39 is 0 Å². The zero-order chi connectivity index (χ0) is 9.40. The number of unbranched alkanes of at least 4 members (excludes halogenated alkanes) is 3. The smallest absolute Gasteiger partial charge is 0.418 e. The lowest BCUT2D eigenvalue weighted by Crippen LogP contribution is -2.21. The zero-order valence-electron chi connectivity index (χ0n) is 7.68. The second-order valence-electron chi connectivity index (χ2n) is 2.62. The van der Waals surface area contributed by atoms with Crippen molar-refractivity contribution in [3.8, 4) is 0 Å². The Balaban J connectivity index is 3.31. The van der Waals surface area contributed by atoms with E-state index in [0.717, 1.165) is 13.0 Å². The predicted molar refractivity (Wildman–Crippen MR) is 57.3 cm³/mol. The summed E-state index contributed by atoms with van der Waals surface area (Å²) in [6.07, 6.45) is 4.45. The maximum Gasteiger partial charge on any atom is 0.418 e. The van der Waals surface area contributed by atoms with Crippen LogP contribution >= 0.6 is 22.9 Å². The van der Waals surface area contributed by atoms with Crippen LogP contribution in [0.25, 0.3) is 0 Å². The Hall–Kier alpha value is 0. The molecule has 0 heterocycles. The number of carbonyl (C=O) groups is 1. The fraction of sp³-hybridized carbons (Fsp3) is 0.875. The van der Waals surface area contributed by atoms with Crippen molar-refractivity contribution in [3.05, 3.63) is 0 Å². The lowest BCUT2D eigenvalue weighted by atomic mass is 10.2. The molecule has 0 saturated heterocycles. The summed E-state index contributed by atoms with van der Waals surface area (Å²) in [5.74, 6) is 0. The predicted octanol–water partition coefficient (Wildman–Crippen LogP) is 2.99. The van der Waals surface area contributed by atoms with E-state index >= 15 is 0 Å². The molecule has 4 heteroatoms. The van der Waals surface area contributed by atoms with Gasteiger partial charge in [-0.1, -0.05) is 26.2 Å². The van der Waals surface area contributed by atoms with Crippen molar-refractivity contribution in [2.75, 3.05) is 13.7 Å². The third-order valence-corrected chi connectivity index (χ3v) is 2.46. The first-order valence-electron chi connectivity index (χ1n) is 4.23. The SMILES string of the molecule is CCCCCCN(I)C(=O)OC. The van der Waals surface area contributed by atoms with Gasteiger partial charge in [-0.15, -0.1) is 0 Å². The van der Waals surface area contributed by atoms with Gasteiger partial charge < -0.3 is 4.74 Å². The first kappa shape index (κ1) is 12.0. The second-order valence-corrected chi connectivity index (χ2v) is 3.78. The van der Waals surface area contributed by atoms with Crippen molar-refractivity contribution in [3.63, 3.8) is 0 Å². The summed E-state index contributed by atoms with van der Waals surface area (Å²) in [6, 6.07) is 0. The van der Waals surface area contributed by atoms with E-state index in [9.17, 15) is 4.79 Å². The highest BCUT2D eigenvalue weighted by Gasteiger charge is 2.07. The molecule has 12 heavy (non-hydrogen) atoms. The molecule has 0 aliphatic rings. The van der Waals surface area contributed by atoms with Crippen LogP contribution in [0.15, 0.2) is 0 Å². The van der Waals surface area contributed by atoms with Crippen LogP contribution in [0.3, 0.4) is 0 Å². The van der Waals surface area contributed by atoms with E-state index in [0.29, 0.717) is 0 Å². The molecular formula is C8H16INO2. The highest BCUT2D eigenvalue weighted by molar-refractivity contribution is 14.1. The highest BCUT2D eigenvalue weighted by atomic mass is 127. The Morgan fingerprint density at radius 1 is 1.42 bits per heavy atom. The van der Waals surface area contributed by atoms with Gasteiger partial charge in [-0.2, -0.15) is 0 Å². The Morgan fingerprint density at radius 3 is 2.58 bits per heavy atom. The molecule has 3 nitrogen and oxygen atoms in total. The number of hydrogen-bond acceptors (Lipinski definition) is 2. The Labute approximate surface area is 87.9 Å². The topological polar surface area (TPSA) is 29.5 Å². The maximum atomic E-state index is 10.9. The minimum Gasteiger partial charge on any atom is -0.452 e. The van der Waals surface area contributed by atoms with E-state index in [1.54, 1.807) is 3.11 Å². The molecule has 0 aromatic heterocycles. The Bertz CT molecular complexity index is 130. The summed E-state index contributed by atoms with van der Waals surface area (Å²) in [5.41, 5.74) is 0. The van der Waals surface area contributed by atoms with Crippen molar-refractivity contribution >= 4 is 29.0 Å². The fourth-order valence-corrected chi connectivity index (χ4v) is 1.41. The average Bonchev–Trinajstić information content (AvgIpc) is 2.10. The molecule has 0 aliphatic carbocycles. The van der Waals surface area contributed by atoms with Crippen LogP contribution in [0, 0.1) is 0 Å². The number of hydrogen-bond donors (Lipinski definition) is 0. The molecule has 1 amide bonds. The number of amides is 1. The van der Waals surface area contributed by atoms with E-state index in [2.05, 4.69) is 11.7 Å². The Kier molecular flexibility index (Phi) is 7.64. The molecule has 0 unspecified atom stereocenters. The zero-order valence-corrected chi connectivity index (χ0v) is 9.83. The molecule has 0 spiro atoms. The van der Waals surface area contributed by atoms with Gasteiger partial charge in [0, 0.05) is 6.54 Å². The van der Waals surface area contributed by atoms with Crippen LogP contribution in [0.2, 0.25) is 0 Å². The maximum absolute atomic E-state index is 10.9. The molecule has 0 fully saturated rings. The fourth-order valence-electron chi connectivity index (χ4n) is 0.868. The molecule has 0 atom stereocenters.